The van der Waals surface area contributed by atoms with Crippen LogP contribution in [-0.4, -0.2) is 71.8 Å². The number of hydrogen-bond donors (Lipinski definition) is 8. The van der Waals surface area contributed by atoms with Crippen LogP contribution in [0.3, 0.4) is 0 Å². The van der Waals surface area contributed by atoms with Crippen LogP contribution in [-0.2, 0) is 0 Å². The van der Waals surface area contributed by atoms with E-state index in [-0.39, 0.29) is 47.0 Å². The molecule has 2 atom stereocenters. The Kier molecular flexibility index (Phi) is 26.6. The molecule has 8 N–H and O–H groups in total. The van der Waals surface area contributed by atoms with Crippen LogP contribution in [0.15, 0.2) is 121 Å². The van der Waals surface area contributed by atoms with Crippen molar-refractivity contribution in [3.63, 3.8) is 0 Å². The SMILES string of the molecule is CCl.CCl.O=C(Nc1ccccc1)NC1CC(Cl)C1.O=C(Nc1ccccc1)NC1CC1.O=C(Nc1ccccc1)NC1CCC(Cl)C1.O=C(Nc1ccccc1)NC1CCCCC1. The number of rotatable bonds is 8. The first-order valence-electron chi connectivity index (χ1n) is 21.7. The first-order valence-corrected chi connectivity index (χ1v) is 24.1. The molecule has 0 aromatic heterocycles. The van der Waals surface area contributed by atoms with Crippen molar-refractivity contribution >= 4 is 93.3 Å². The van der Waals surface area contributed by atoms with E-state index in [9.17, 15) is 19.2 Å². The Morgan fingerprint density at radius 1 is 0.359 bits per heavy atom. The molecule has 0 aliphatic heterocycles. The highest BCUT2D eigenvalue weighted by Gasteiger charge is 2.28. The second kappa shape index (κ2) is 31.9. The fourth-order valence-electron chi connectivity index (χ4n) is 6.69. The second-order valence-corrected chi connectivity index (χ2v) is 16.6. The Bertz CT molecular complexity index is 1820. The van der Waals surface area contributed by atoms with Gasteiger partial charge in [-0.15, -0.1) is 46.4 Å². The zero-order chi connectivity index (χ0) is 46.4. The number of anilines is 4. The minimum Gasteiger partial charge on any atom is -0.335 e. The molecule has 16 heteroatoms. The summed E-state index contributed by atoms with van der Waals surface area (Å²) in [5.41, 5.74) is 3.29. The summed E-state index contributed by atoms with van der Waals surface area (Å²) in [5.74, 6) is 0. The number of nitrogens with one attached hydrogen (secondary N) is 8. The van der Waals surface area contributed by atoms with Gasteiger partial charge in [-0.25, -0.2) is 19.2 Å². The topological polar surface area (TPSA) is 165 Å². The molecule has 0 saturated heterocycles. The summed E-state index contributed by atoms with van der Waals surface area (Å²) >= 11 is 21.1. The van der Waals surface area contributed by atoms with Crippen molar-refractivity contribution in [2.45, 2.75) is 112 Å². The fourth-order valence-corrected chi connectivity index (χ4v) is 7.47. The summed E-state index contributed by atoms with van der Waals surface area (Å²) in [5, 5.41) is 23.2. The van der Waals surface area contributed by atoms with Gasteiger partial charge in [0.15, 0.2) is 0 Å². The van der Waals surface area contributed by atoms with Gasteiger partial charge in [-0.3, -0.25) is 0 Å². The Balaban J connectivity index is 0.000000221. The smallest absolute Gasteiger partial charge is 0.319 e. The van der Waals surface area contributed by atoms with Gasteiger partial charge in [-0.2, -0.15) is 0 Å². The Hall–Kier alpha value is -4.88. The lowest BCUT2D eigenvalue weighted by Gasteiger charge is -2.31. The number of hydrogen-bond acceptors (Lipinski definition) is 4. The Morgan fingerprint density at radius 3 is 0.938 bits per heavy atom. The molecule has 12 nitrogen and oxygen atoms in total. The van der Waals surface area contributed by atoms with Gasteiger partial charge in [-0.05, 0) is 106 Å². The van der Waals surface area contributed by atoms with Gasteiger partial charge >= 0.3 is 24.1 Å². The molecule has 4 aliphatic carbocycles. The van der Waals surface area contributed by atoms with Gasteiger partial charge < -0.3 is 42.5 Å². The van der Waals surface area contributed by atoms with E-state index in [0.717, 1.165) is 80.5 Å². The number of para-hydroxylation sites is 4. The van der Waals surface area contributed by atoms with E-state index in [0.29, 0.717) is 12.1 Å². The van der Waals surface area contributed by atoms with E-state index in [2.05, 4.69) is 65.7 Å². The minimum atomic E-state index is -0.158. The quantitative estimate of drug-likeness (QED) is 0.0825. The molecule has 4 fully saturated rings. The average Bonchev–Trinajstić information content (AvgIpc) is 4.03. The average molecular weight is 959 g/mol. The van der Waals surface area contributed by atoms with E-state index >= 15 is 0 Å². The van der Waals surface area contributed by atoms with Crippen molar-refractivity contribution in [2.75, 3.05) is 34.0 Å². The van der Waals surface area contributed by atoms with Crippen molar-refractivity contribution in [3.05, 3.63) is 121 Å². The van der Waals surface area contributed by atoms with Crippen molar-refractivity contribution < 1.29 is 19.2 Å². The van der Waals surface area contributed by atoms with Crippen LogP contribution >= 0.6 is 46.4 Å². The molecule has 348 valence electrons. The summed E-state index contributed by atoms with van der Waals surface area (Å²) in [6, 6.07) is 38.5. The third kappa shape index (κ3) is 23.7. The molecule has 64 heavy (non-hydrogen) atoms. The number of urea groups is 4. The molecule has 4 aromatic carbocycles. The summed E-state index contributed by atoms with van der Waals surface area (Å²) in [4.78, 5) is 46.0. The van der Waals surface area contributed by atoms with Crippen LogP contribution in [0.1, 0.15) is 77.0 Å². The lowest BCUT2D eigenvalue weighted by Crippen LogP contribution is -2.46. The predicted molar refractivity (Wildman–Crippen MR) is 268 cm³/mol. The first kappa shape index (κ1) is 53.5. The van der Waals surface area contributed by atoms with Crippen LogP contribution in [0.5, 0.6) is 0 Å². The highest BCUT2D eigenvalue weighted by Crippen LogP contribution is 2.26. The van der Waals surface area contributed by atoms with Gasteiger partial charge in [0, 0.05) is 70.4 Å². The Morgan fingerprint density at radius 2 is 0.641 bits per heavy atom. The molecule has 4 aliphatic rings. The van der Waals surface area contributed by atoms with Gasteiger partial charge in [-0.1, -0.05) is 92.1 Å². The first-order chi connectivity index (χ1) is 31.2. The number of amides is 8. The lowest BCUT2D eigenvalue weighted by atomic mass is 9.93. The van der Waals surface area contributed by atoms with Crippen molar-refractivity contribution in [1.82, 2.24) is 21.3 Å². The van der Waals surface area contributed by atoms with Crippen molar-refractivity contribution in [3.8, 4) is 0 Å². The van der Waals surface area contributed by atoms with Crippen LogP contribution in [0.25, 0.3) is 0 Å². The molecule has 0 spiro atoms. The molecule has 0 heterocycles. The fraction of sp³-hybridized carbons (Fsp3) is 0.417. The summed E-state index contributed by atoms with van der Waals surface area (Å²) < 4.78 is 0. The molecule has 8 amide bonds. The molecular formula is C48H64Cl4N8O4. The predicted octanol–water partition coefficient (Wildman–Crippen LogP) is 12.4. The molecule has 0 radical (unpaired) electrons. The van der Waals surface area contributed by atoms with Crippen LogP contribution in [0.4, 0.5) is 41.9 Å². The maximum Gasteiger partial charge on any atom is 0.319 e. The summed E-state index contributed by atoms with van der Waals surface area (Å²) in [6.45, 7) is 0. The molecular weight excluding hydrogens is 894 g/mol. The van der Waals surface area contributed by atoms with E-state index in [4.69, 9.17) is 23.2 Å². The van der Waals surface area contributed by atoms with Gasteiger partial charge in [0.2, 0.25) is 0 Å². The summed E-state index contributed by atoms with van der Waals surface area (Å²) in [6.07, 6.45) is 15.7. The number of benzene rings is 4. The van der Waals surface area contributed by atoms with Crippen LogP contribution in [0.2, 0.25) is 0 Å². The number of carbonyl (C=O) groups is 4. The van der Waals surface area contributed by atoms with E-state index in [1.807, 2.05) is 121 Å². The van der Waals surface area contributed by atoms with E-state index in [1.165, 1.54) is 32.0 Å². The van der Waals surface area contributed by atoms with Gasteiger partial charge in [0.1, 0.15) is 0 Å². The zero-order valence-electron chi connectivity index (χ0n) is 36.6. The third-order valence-corrected chi connectivity index (χ3v) is 10.9. The number of alkyl halides is 4. The third-order valence-electron chi connectivity index (χ3n) is 10.1. The minimum absolute atomic E-state index is 0.0851. The molecule has 0 bridgehead atoms. The summed E-state index contributed by atoms with van der Waals surface area (Å²) in [7, 11) is 0. The normalized spacial score (nSPS) is 19.1. The standard InChI is InChI=1S/C13H18N2O.C12H15ClN2O.C11H13ClN2O.C10H12N2O.2CH3Cl/c16-13(14-11-7-3-1-4-8-11)15-12-9-5-2-6-10-12;13-9-6-7-11(8-9)15-12(16)14-10-4-2-1-3-5-10;12-8-6-10(7-8)14-11(15)13-9-4-2-1-3-5-9;13-10(12-9-6-7-9)11-8-4-2-1-3-5-8;2*1-2/h1,3-4,7-8,12H,2,5-6,9-10H2,(H2,14,15,16);1-5,9,11H,6-8H2,(H2,14,15,16);1-5,8,10H,6-7H2,(H2,13,14,15);1-5,9H,6-7H2,(H2,11,12,13);2*1H3. The largest absolute Gasteiger partial charge is 0.335 e. The lowest BCUT2D eigenvalue weighted by molar-refractivity contribution is 0.240. The maximum absolute atomic E-state index is 11.7. The monoisotopic (exact) mass is 956 g/mol. The highest BCUT2D eigenvalue weighted by atomic mass is 35.5. The maximum atomic E-state index is 11.7. The van der Waals surface area contributed by atoms with Crippen LogP contribution < -0.4 is 42.5 Å². The molecule has 2 unspecified atom stereocenters. The zero-order valence-corrected chi connectivity index (χ0v) is 39.7. The van der Waals surface area contributed by atoms with Gasteiger partial charge in [0.25, 0.3) is 0 Å². The Labute approximate surface area is 399 Å². The molecule has 8 rings (SSSR count). The molecule has 4 saturated carbocycles. The number of halogens is 4. The van der Waals surface area contributed by atoms with E-state index < -0.39 is 0 Å². The number of carbonyl (C=O) groups excluding carboxylic acids is 4. The molecule has 4 aromatic rings. The van der Waals surface area contributed by atoms with Crippen LogP contribution in [0, 0.1) is 0 Å². The van der Waals surface area contributed by atoms with Crippen molar-refractivity contribution in [1.29, 1.82) is 0 Å². The van der Waals surface area contributed by atoms with E-state index in [1.54, 1.807) is 0 Å². The second-order valence-electron chi connectivity index (χ2n) is 15.3. The van der Waals surface area contributed by atoms with Gasteiger partial charge in [0.05, 0.1) is 0 Å². The van der Waals surface area contributed by atoms with Crippen molar-refractivity contribution in [2.24, 2.45) is 0 Å². The highest BCUT2D eigenvalue weighted by molar-refractivity contribution is 6.21.